The zero-order valence-corrected chi connectivity index (χ0v) is 18.3. The Balaban J connectivity index is 1.48. The second kappa shape index (κ2) is 8.65. The molecule has 0 unspecified atom stereocenters. The zero-order chi connectivity index (χ0) is 18.8. The summed E-state index contributed by atoms with van der Waals surface area (Å²) in [5.41, 5.74) is 4.21. The first kappa shape index (κ1) is 19.4. The third kappa shape index (κ3) is 4.59. The van der Waals surface area contributed by atoms with Crippen LogP contribution in [-0.4, -0.2) is 30.1 Å². The van der Waals surface area contributed by atoms with Gasteiger partial charge in [0, 0.05) is 23.1 Å². The van der Waals surface area contributed by atoms with Crippen LogP contribution in [0.1, 0.15) is 48.3 Å². The van der Waals surface area contributed by atoms with Crippen molar-refractivity contribution in [1.29, 1.82) is 0 Å². The van der Waals surface area contributed by atoms with Crippen molar-refractivity contribution in [2.75, 3.05) is 13.1 Å². The van der Waals surface area contributed by atoms with E-state index in [1.165, 1.54) is 42.4 Å². The molecule has 1 saturated heterocycles. The monoisotopic (exact) mass is 446 g/mol. The normalized spacial score (nSPS) is 23.4. The van der Waals surface area contributed by atoms with Crippen molar-refractivity contribution in [3.8, 4) is 0 Å². The first-order valence-corrected chi connectivity index (χ1v) is 11.2. The molecule has 27 heavy (non-hydrogen) atoms. The summed E-state index contributed by atoms with van der Waals surface area (Å²) in [6, 6.07) is 16.8. The second-order valence-electron chi connectivity index (χ2n) is 8.14. The van der Waals surface area contributed by atoms with Gasteiger partial charge in [0.2, 0.25) is 0 Å². The van der Waals surface area contributed by atoms with Crippen molar-refractivity contribution < 1.29 is 0 Å². The quantitative estimate of drug-likeness (QED) is 0.613. The van der Waals surface area contributed by atoms with Gasteiger partial charge in [0.1, 0.15) is 0 Å². The minimum absolute atomic E-state index is 0.678. The van der Waals surface area contributed by atoms with Gasteiger partial charge in [-0.25, -0.2) is 0 Å². The van der Waals surface area contributed by atoms with Crippen molar-refractivity contribution in [3.63, 3.8) is 0 Å². The fourth-order valence-electron chi connectivity index (χ4n) is 4.60. The van der Waals surface area contributed by atoms with Crippen molar-refractivity contribution in [3.05, 3.63) is 68.7 Å². The molecule has 1 saturated carbocycles. The van der Waals surface area contributed by atoms with Gasteiger partial charge in [0.15, 0.2) is 0 Å². The van der Waals surface area contributed by atoms with Crippen LogP contribution in [0, 0.1) is 6.92 Å². The molecule has 2 fully saturated rings. The Labute approximate surface area is 176 Å². The minimum atomic E-state index is 0.678. The van der Waals surface area contributed by atoms with Gasteiger partial charge < -0.3 is 5.32 Å². The van der Waals surface area contributed by atoms with Crippen LogP contribution < -0.4 is 5.32 Å². The maximum Gasteiger partial charge on any atom is 0.0551 e. The number of aryl methyl sites for hydroxylation is 1. The number of nitrogens with zero attached hydrogens (tertiary/aromatic N) is 1. The van der Waals surface area contributed by atoms with E-state index >= 15 is 0 Å². The summed E-state index contributed by atoms with van der Waals surface area (Å²) in [6.07, 6.45) is 5.04. The van der Waals surface area contributed by atoms with E-state index in [2.05, 4.69) is 75.5 Å². The SMILES string of the molecule is Cc1cccc(C2CC(N(Cc3ccc(Br)c(Cl)c3)C3CCNCC3)C2)c1. The first-order chi connectivity index (χ1) is 13.1. The third-order valence-corrected chi connectivity index (χ3v) is 7.46. The molecule has 0 bridgehead atoms. The summed E-state index contributed by atoms with van der Waals surface area (Å²) >= 11 is 9.86. The molecule has 2 aromatic carbocycles. The molecule has 2 nitrogen and oxygen atoms in total. The lowest BCUT2D eigenvalue weighted by molar-refractivity contribution is 0.0435. The maximum atomic E-state index is 6.35. The lowest BCUT2D eigenvalue weighted by Gasteiger charge is -2.48. The standard InChI is InChI=1S/C23H28BrClN2/c1-16-3-2-4-18(11-16)19-13-21(14-19)27(20-7-9-26-10-8-20)15-17-5-6-22(24)23(25)12-17/h2-6,11-12,19-21,26H,7-10,13-15H2,1H3. The first-order valence-electron chi connectivity index (χ1n) is 10.1. The lowest BCUT2D eigenvalue weighted by Crippen LogP contribution is -2.51. The smallest absolute Gasteiger partial charge is 0.0551 e. The number of rotatable bonds is 5. The van der Waals surface area contributed by atoms with E-state index in [1.54, 1.807) is 0 Å². The molecular weight excluding hydrogens is 420 g/mol. The highest BCUT2D eigenvalue weighted by Crippen LogP contribution is 2.42. The van der Waals surface area contributed by atoms with E-state index in [9.17, 15) is 0 Å². The Hall–Kier alpha value is -0.870. The van der Waals surface area contributed by atoms with Crippen molar-refractivity contribution in [2.24, 2.45) is 0 Å². The summed E-state index contributed by atoms with van der Waals surface area (Å²) in [5.74, 6) is 0.715. The number of benzene rings is 2. The van der Waals surface area contributed by atoms with Gasteiger partial charge in [-0.3, -0.25) is 4.90 Å². The summed E-state index contributed by atoms with van der Waals surface area (Å²) in [7, 11) is 0. The molecule has 1 aliphatic carbocycles. The molecule has 144 valence electrons. The van der Waals surface area contributed by atoms with Gasteiger partial charge in [-0.1, -0.05) is 47.5 Å². The molecule has 0 atom stereocenters. The number of hydrogen-bond acceptors (Lipinski definition) is 2. The fourth-order valence-corrected chi connectivity index (χ4v) is 5.05. The highest BCUT2D eigenvalue weighted by Gasteiger charge is 2.37. The van der Waals surface area contributed by atoms with Crippen LogP contribution in [0.3, 0.4) is 0 Å². The van der Waals surface area contributed by atoms with Crippen LogP contribution in [0.15, 0.2) is 46.9 Å². The summed E-state index contributed by atoms with van der Waals surface area (Å²) in [6.45, 7) is 5.47. The molecule has 0 aromatic heterocycles. The Morgan fingerprint density at radius 2 is 1.85 bits per heavy atom. The molecule has 2 aromatic rings. The van der Waals surface area contributed by atoms with Crippen LogP contribution in [-0.2, 0) is 6.54 Å². The van der Waals surface area contributed by atoms with Crippen molar-refractivity contribution in [1.82, 2.24) is 10.2 Å². The third-order valence-electron chi connectivity index (χ3n) is 6.22. The predicted molar refractivity (Wildman–Crippen MR) is 118 cm³/mol. The Morgan fingerprint density at radius 1 is 1.07 bits per heavy atom. The average Bonchev–Trinajstić information content (AvgIpc) is 2.63. The highest BCUT2D eigenvalue weighted by molar-refractivity contribution is 9.10. The van der Waals surface area contributed by atoms with Crippen LogP contribution in [0.4, 0.5) is 0 Å². The van der Waals surface area contributed by atoms with Crippen LogP contribution in [0.25, 0.3) is 0 Å². The van der Waals surface area contributed by atoms with Crippen LogP contribution in [0.5, 0.6) is 0 Å². The van der Waals surface area contributed by atoms with Crippen LogP contribution >= 0.6 is 27.5 Å². The Morgan fingerprint density at radius 3 is 2.56 bits per heavy atom. The fraction of sp³-hybridized carbons (Fsp3) is 0.478. The number of nitrogens with one attached hydrogen (secondary N) is 1. The van der Waals surface area contributed by atoms with Gasteiger partial charge in [0.25, 0.3) is 0 Å². The highest BCUT2D eigenvalue weighted by atomic mass is 79.9. The minimum Gasteiger partial charge on any atom is -0.317 e. The Kier molecular flexibility index (Phi) is 6.23. The molecule has 4 rings (SSSR count). The molecule has 1 N–H and O–H groups in total. The van der Waals surface area contributed by atoms with Gasteiger partial charge in [-0.05, 0) is 90.8 Å². The van der Waals surface area contributed by atoms with E-state index in [0.29, 0.717) is 18.0 Å². The van der Waals surface area contributed by atoms with E-state index < -0.39 is 0 Å². The average molecular weight is 448 g/mol. The summed E-state index contributed by atoms with van der Waals surface area (Å²) in [5, 5.41) is 4.32. The van der Waals surface area contributed by atoms with Crippen LogP contribution in [0.2, 0.25) is 5.02 Å². The molecule has 2 aliphatic rings. The van der Waals surface area contributed by atoms with Crippen molar-refractivity contribution >= 4 is 27.5 Å². The van der Waals surface area contributed by atoms with Gasteiger partial charge in [-0.2, -0.15) is 0 Å². The Bertz CT molecular complexity index is 782. The molecule has 0 spiro atoms. The predicted octanol–water partition coefficient (Wildman–Crippen LogP) is 5.91. The van der Waals surface area contributed by atoms with E-state index in [1.807, 2.05) is 0 Å². The van der Waals surface area contributed by atoms with Gasteiger partial charge >= 0.3 is 0 Å². The number of halogens is 2. The zero-order valence-electron chi connectivity index (χ0n) is 15.9. The molecule has 1 aliphatic heterocycles. The number of piperidine rings is 1. The van der Waals surface area contributed by atoms with E-state index in [0.717, 1.165) is 29.1 Å². The number of hydrogen-bond donors (Lipinski definition) is 1. The molecule has 4 heteroatoms. The summed E-state index contributed by atoms with van der Waals surface area (Å²) < 4.78 is 0.976. The maximum absolute atomic E-state index is 6.35. The topological polar surface area (TPSA) is 15.3 Å². The molecular formula is C23H28BrClN2. The summed E-state index contributed by atoms with van der Waals surface area (Å²) in [4.78, 5) is 2.77. The van der Waals surface area contributed by atoms with Gasteiger partial charge in [-0.15, -0.1) is 0 Å². The van der Waals surface area contributed by atoms with Gasteiger partial charge in [0.05, 0.1) is 5.02 Å². The van der Waals surface area contributed by atoms with E-state index in [-0.39, 0.29) is 0 Å². The largest absolute Gasteiger partial charge is 0.317 e. The van der Waals surface area contributed by atoms with Crippen molar-refractivity contribution in [2.45, 2.75) is 57.2 Å². The van der Waals surface area contributed by atoms with E-state index in [4.69, 9.17) is 11.6 Å². The molecule has 1 heterocycles. The lowest BCUT2D eigenvalue weighted by atomic mass is 9.74. The molecule has 0 radical (unpaired) electrons. The second-order valence-corrected chi connectivity index (χ2v) is 9.40. The molecule has 0 amide bonds.